The molecule has 94 valence electrons. The number of carbonyl (C=O) groups is 1. The fourth-order valence-corrected chi connectivity index (χ4v) is 2.07. The number of ether oxygens (including phenoxy) is 1. The lowest BCUT2D eigenvalue weighted by Gasteiger charge is -2.42. The Morgan fingerprint density at radius 3 is 2.81 bits per heavy atom. The first kappa shape index (κ1) is 13.5. The van der Waals surface area contributed by atoms with Gasteiger partial charge in [-0.15, -0.1) is 0 Å². The van der Waals surface area contributed by atoms with E-state index in [9.17, 15) is 4.79 Å². The molecular weight excluding hydrogens is 206 g/mol. The molecule has 1 aliphatic rings. The Hall–Kier alpha value is -0.610. The first-order valence-corrected chi connectivity index (χ1v) is 6.05. The fraction of sp³-hybridized carbons (Fsp3) is 0.917. The van der Waals surface area contributed by atoms with E-state index < -0.39 is 0 Å². The number of aliphatic hydroxyl groups excluding tert-OH is 1. The molecule has 0 bridgehead atoms. The number of amides is 1. The zero-order chi connectivity index (χ0) is 12.2. The van der Waals surface area contributed by atoms with E-state index in [4.69, 9.17) is 9.84 Å². The summed E-state index contributed by atoms with van der Waals surface area (Å²) in [6.45, 7) is 7.09. The highest BCUT2D eigenvalue weighted by Gasteiger charge is 2.34. The van der Waals surface area contributed by atoms with Crippen molar-refractivity contribution in [3.8, 4) is 0 Å². The Balaban J connectivity index is 2.55. The Kier molecular flexibility index (Phi) is 4.74. The second-order valence-corrected chi connectivity index (χ2v) is 5.06. The van der Waals surface area contributed by atoms with Gasteiger partial charge in [-0.25, -0.2) is 0 Å². The molecule has 0 aromatic heterocycles. The average Bonchev–Trinajstić information content (AvgIpc) is 2.23. The van der Waals surface area contributed by atoms with Gasteiger partial charge < -0.3 is 14.7 Å². The van der Waals surface area contributed by atoms with E-state index >= 15 is 0 Å². The van der Waals surface area contributed by atoms with Gasteiger partial charge in [0, 0.05) is 19.5 Å². The van der Waals surface area contributed by atoms with Crippen LogP contribution in [0.25, 0.3) is 0 Å². The van der Waals surface area contributed by atoms with Crippen LogP contribution in [0.3, 0.4) is 0 Å². The van der Waals surface area contributed by atoms with Gasteiger partial charge in [0.15, 0.2) is 0 Å². The Bertz CT molecular complexity index is 240. The molecule has 4 heteroatoms. The number of hydrogen-bond acceptors (Lipinski definition) is 3. The first-order valence-electron chi connectivity index (χ1n) is 6.05. The van der Waals surface area contributed by atoms with Crippen LogP contribution in [0.5, 0.6) is 0 Å². The third-order valence-electron chi connectivity index (χ3n) is 2.78. The van der Waals surface area contributed by atoms with Crippen molar-refractivity contribution >= 4 is 5.91 Å². The molecule has 0 saturated carbocycles. The molecule has 1 unspecified atom stereocenters. The van der Waals surface area contributed by atoms with Crippen LogP contribution in [0.4, 0.5) is 0 Å². The standard InChI is InChI=1S/C12H23NO3/c1-4-5-6-11(15)13-7-10(8-14)16-12(2,3)9-13/h10,14H,4-9H2,1-3H3. The molecule has 4 nitrogen and oxygen atoms in total. The van der Waals surface area contributed by atoms with Crippen LogP contribution < -0.4 is 0 Å². The van der Waals surface area contributed by atoms with Crippen LogP contribution in [0, 0.1) is 0 Å². The van der Waals surface area contributed by atoms with Crippen molar-refractivity contribution in [3.05, 3.63) is 0 Å². The molecule has 1 saturated heterocycles. The minimum Gasteiger partial charge on any atom is -0.394 e. The molecule has 0 aromatic carbocycles. The number of carbonyl (C=O) groups excluding carboxylic acids is 1. The molecule has 1 rings (SSSR count). The van der Waals surface area contributed by atoms with Crippen LogP contribution in [-0.2, 0) is 9.53 Å². The van der Waals surface area contributed by atoms with Gasteiger partial charge in [-0.05, 0) is 20.3 Å². The molecule has 1 heterocycles. The summed E-state index contributed by atoms with van der Waals surface area (Å²) in [7, 11) is 0. The topological polar surface area (TPSA) is 49.8 Å². The van der Waals surface area contributed by atoms with Gasteiger partial charge in [0.1, 0.15) is 0 Å². The number of hydrogen-bond donors (Lipinski definition) is 1. The zero-order valence-corrected chi connectivity index (χ0v) is 10.5. The molecule has 1 aliphatic heterocycles. The van der Waals surface area contributed by atoms with Crippen LogP contribution in [-0.4, -0.2) is 47.3 Å². The third-order valence-corrected chi connectivity index (χ3v) is 2.78. The summed E-state index contributed by atoms with van der Waals surface area (Å²) in [5, 5.41) is 9.14. The predicted molar refractivity (Wildman–Crippen MR) is 62.1 cm³/mol. The summed E-state index contributed by atoms with van der Waals surface area (Å²) >= 11 is 0. The minimum absolute atomic E-state index is 0.0268. The van der Waals surface area contributed by atoms with Crippen LogP contribution >= 0.6 is 0 Å². The molecule has 1 fully saturated rings. The lowest BCUT2D eigenvalue weighted by molar-refractivity contribution is -0.167. The van der Waals surface area contributed by atoms with E-state index in [1.807, 2.05) is 18.7 Å². The molecule has 16 heavy (non-hydrogen) atoms. The normalized spacial score (nSPS) is 24.5. The van der Waals surface area contributed by atoms with Crippen LogP contribution in [0.2, 0.25) is 0 Å². The van der Waals surface area contributed by atoms with E-state index in [1.165, 1.54) is 0 Å². The summed E-state index contributed by atoms with van der Waals surface area (Å²) in [6.07, 6.45) is 2.32. The monoisotopic (exact) mass is 229 g/mol. The summed E-state index contributed by atoms with van der Waals surface area (Å²) in [4.78, 5) is 13.7. The highest BCUT2D eigenvalue weighted by molar-refractivity contribution is 5.76. The highest BCUT2D eigenvalue weighted by Crippen LogP contribution is 2.21. The van der Waals surface area contributed by atoms with Gasteiger partial charge >= 0.3 is 0 Å². The van der Waals surface area contributed by atoms with E-state index in [0.29, 0.717) is 19.5 Å². The van der Waals surface area contributed by atoms with Crippen molar-refractivity contribution in [1.82, 2.24) is 4.90 Å². The number of unbranched alkanes of at least 4 members (excludes halogenated alkanes) is 1. The summed E-state index contributed by atoms with van der Waals surface area (Å²) < 4.78 is 5.66. The Morgan fingerprint density at radius 2 is 2.25 bits per heavy atom. The van der Waals surface area contributed by atoms with E-state index in [0.717, 1.165) is 12.8 Å². The van der Waals surface area contributed by atoms with Crippen molar-refractivity contribution < 1.29 is 14.6 Å². The molecule has 1 N–H and O–H groups in total. The number of morpholine rings is 1. The molecule has 1 atom stereocenters. The van der Waals surface area contributed by atoms with E-state index in [2.05, 4.69) is 6.92 Å². The lowest BCUT2D eigenvalue weighted by atomic mass is 10.0. The second-order valence-electron chi connectivity index (χ2n) is 5.06. The fourth-order valence-electron chi connectivity index (χ4n) is 2.07. The van der Waals surface area contributed by atoms with Crippen molar-refractivity contribution in [2.75, 3.05) is 19.7 Å². The zero-order valence-electron chi connectivity index (χ0n) is 10.5. The first-order chi connectivity index (χ1) is 7.48. The average molecular weight is 229 g/mol. The molecule has 1 amide bonds. The van der Waals surface area contributed by atoms with Gasteiger partial charge in [0.25, 0.3) is 0 Å². The van der Waals surface area contributed by atoms with Crippen molar-refractivity contribution in [2.45, 2.75) is 51.7 Å². The maximum absolute atomic E-state index is 11.9. The molecule has 0 radical (unpaired) electrons. The largest absolute Gasteiger partial charge is 0.394 e. The number of nitrogens with zero attached hydrogens (tertiary/aromatic N) is 1. The van der Waals surface area contributed by atoms with Gasteiger partial charge in [0.05, 0.1) is 18.3 Å². The number of rotatable bonds is 4. The van der Waals surface area contributed by atoms with E-state index in [1.54, 1.807) is 0 Å². The molecule has 0 aromatic rings. The summed E-state index contributed by atoms with van der Waals surface area (Å²) in [5.41, 5.74) is -0.354. The smallest absolute Gasteiger partial charge is 0.222 e. The summed E-state index contributed by atoms with van der Waals surface area (Å²) in [5.74, 6) is 0.177. The van der Waals surface area contributed by atoms with E-state index in [-0.39, 0.29) is 24.2 Å². The van der Waals surface area contributed by atoms with Crippen molar-refractivity contribution in [2.24, 2.45) is 0 Å². The van der Waals surface area contributed by atoms with Gasteiger partial charge in [0.2, 0.25) is 5.91 Å². The quantitative estimate of drug-likeness (QED) is 0.787. The maximum Gasteiger partial charge on any atom is 0.222 e. The van der Waals surface area contributed by atoms with Gasteiger partial charge in [-0.2, -0.15) is 0 Å². The molecule has 0 spiro atoms. The Morgan fingerprint density at radius 1 is 1.56 bits per heavy atom. The Labute approximate surface area is 97.6 Å². The van der Waals surface area contributed by atoms with Crippen LogP contribution in [0.1, 0.15) is 40.0 Å². The predicted octanol–water partition coefficient (Wildman–Crippen LogP) is 1.17. The van der Waals surface area contributed by atoms with Gasteiger partial charge in [-0.1, -0.05) is 13.3 Å². The maximum atomic E-state index is 11.9. The lowest BCUT2D eigenvalue weighted by Crippen LogP contribution is -2.55. The second kappa shape index (κ2) is 5.64. The number of aliphatic hydroxyl groups is 1. The molecular formula is C12H23NO3. The third kappa shape index (κ3) is 3.76. The SMILES string of the molecule is CCCCC(=O)N1CC(CO)OC(C)(C)C1. The molecule has 0 aliphatic carbocycles. The minimum atomic E-state index is -0.354. The van der Waals surface area contributed by atoms with Crippen molar-refractivity contribution in [3.63, 3.8) is 0 Å². The summed E-state index contributed by atoms with van der Waals surface area (Å²) in [6, 6.07) is 0. The van der Waals surface area contributed by atoms with Crippen molar-refractivity contribution in [1.29, 1.82) is 0 Å². The highest BCUT2D eigenvalue weighted by atomic mass is 16.5. The van der Waals surface area contributed by atoms with Crippen LogP contribution in [0.15, 0.2) is 0 Å². The van der Waals surface area contributed by atoms with Gasteiger partial charge in [-0.3, -0.25) is 4.79 Å².